The second-order valence-electron chi connectivity index (χ2n) is 2.22. The van der Waals surface area contributed by atoms with E-state index >= 15 is 0 Å². The number of thioether (sulfide) groups is 2. The van der Waals surface area contributed by atoms with E-state index in [4.69, 9.17) is 38.6 Å². The Hall–Kier alpha value is 0.440. The van der Waals surface area contributed by atoms with E-state index in [-0.39, 0.29) is 0 Å². The second kappa shape index (κ2) is 10.9. The van der Waals surface area contributed by atoms with E-state index < -0.39 is 0 Å². The van der Waals surface area contributed by atoms with Crippen LogP contribution in [0.2, 0.25) is 0 Å². The minimum atomic E-state index is 0.479. The average molecular weight is 286 g/mol. The fourth-order valence-corrected chi connectivity index (χ4v) is 1.16. The first-order valence-corrected chi connectivity index (χ1v) is 7.46. The quantitative estimate of drug-likeness (QED) is 0.546. The molecule has 0 heterocycles. The first-order chi connectivity index (χ1) is 7.20. The largest absolute Gasteiger partial charge is 0.476 e. The molecule has 0 saturated carbocycles. The molecule has 0 aromatic heterocycles. The molecule has 0 aromatic rings. The van der Waals surface area contributed by atoms with E-state index in [0.29, 0.717) is 35.2 Å². The fourth-order valence-electron chi connectivity index (χ4n) is 0.588. The third-order valence-corrected chi connectivity index (χ3v) is 3.37. The molecule has 0 aliphatic rings. The summed E-state index contributed by atoms with van der Waals surface area (Å²) in [6.45, 7) is 1.98. The predicted octanol–water partition coefficient (Wildman–Crippen LogP) is 2.33. The van der Waals surface area contributed by atoms with E-state index in [2.05, 4.69) is 0 Å². The Labute approximate surface area is 110 Å². The Balaban J connectivity index is 3.11. The summed E-state index contributed by atoms with van der Waals surface area (Å²) in [5, 5.41) is 0. The van der Waals surface area contributed by atoms with Crippen LogP contribution in [0.15, 0.2) is 0 Å². The highest BCUT2D eigenvalue weighted by atomic mass is 32.2. The van der Waals surface area contributed by atoms with Gasteiger partial charge in [-0.3, -0.25) is 0 Å². The van der Waals surface area contributed by atoms with Crippen molar-refractivity contribution in [2.75, 3.05) is 38.9 Å². The van der Waals surface area contributed by atoms with Crippen molar-refractivity contribution in [1.29, 1.82) is 0 Å². The molecule has 0 spiro atoms. The summed E-state index contributed by atoms with van der Waals surface area (Å²) in [4.78, 5) is 0. The van der Waals surface area contributed by atoms with Crippen LogP contribution in [0.4, 0.5) is 0 Å². The van der Waals surface area contributed by atoms with Crippen molar-refractivity contribution in [1.82, 2.24) is 0 Å². The van der Waals surface area contributed by atoms with Crippen molar-refractivity contribution in [3.8, 4) is 0 Å². The molecule has 0 atom stereocenters. The molecule has 15 heavy (non-hydrogen) atoms. The molecule has 7 heteroatoms. The standard InChI is InChI=1S/C8H14O3S4/c1-14-7(12)10-5-3-9-4-6-11-8(13)15-2/h3-6H2,1-2H3. The molecule has 0 aromatic carbocycles. The Bertz CT molecular complexity index is 178. The van der Waals surface area contributed by atoms with E-state index in [9.17, 15) is 0 Å². The van der Waals surface area contributed by atoms with Crippen molar-refractivity contribution in [3.63, 3.8) is 0 Å². The maximum absolute atomic E-state index is 5.24. The highest BCUT2D eigenvalue weighted by Crippen LogP contribution is 2.00. The molecule has 0 fully saturated rings. The van der Waals surface area contributed by atoms with Gasteiger partial charge in [-0.2, -0.15) is 0 Å². The normalized spacial score (nSPS) is 9.73. The molecule has 0 aliphatic carbocycles. The molecular weight excluding hydrogens is 272 g/mol. The van der Waals surface area contributed by atoms with Gasteiger partial charge in [0, 0.05) is 0 Å². The van der Waals surface area contributed by atoms with Crippen LogP contribution in [0.5, 0.6) is 0 Å². The lowest BCUT2D eigenvalue weighted by Gasteiger charge is -2.07. The summed E-state index contributed by atoms with van der Waals surface area (Å²) < 4.78 is 16.6. The van der Waals surface area contributed by atoms with Gasteiger partial charge in [-0.05, 0) is 36.9 Å². The summed E-state index contributed by atoms with van der Waals surface area (Å²) in [5.74, 6) is 0. The molecule has 88 valence electrons. The van der Waals surface area contributed by atoms with Gasteiger partial charge in [0.25, 0.3) is 0 Å². The number of thiocarbonyl (C=S) groups is 2. The summed E-state index contributed by atoms with van der Waals surface area (Å²) >= 11 is 12.5. The van der Waals surface area contributed by atoms with Crippen LogP contribution in [-0.4, -0.2) is 47.7 Å². The predicted molar refractivity (Wildman–Crippen MR) is 74.9 cm³/mol. The van der Waals surface area contributed by atoms with Gasteiger partial charge in [-0.1, -0.05) is 23.5 Å². The van der Waals surface area contributed by atoms with Gasteiger partial charge in [0.2, 0.25) is 8.77 Å². The van der Waals surface area contributed by atoms with Gasteiger partial charge >= 0.3 is 0 Å². The van der Waals surface area contributed by atoms with Crippen molar-refractivity contribution < 1.29 is 14.2 Å². The van der Waals surface area contributed by atoms with Crippen LogP contribution in [-0.2, 0) is 14.2 Å². The fraction of sp³-hybridized carbons (Fsp3) is 0.750. The van der Waals surface area contributed by atoms with Gasteiger partial charge < -0.3 is 14.2 Å². The lowest BCUT2D eigenvalue weighted by molar-refractivity contribution is 0.0748. The molecule has 0 saturated heterocycles. The Morgan fingerprint density at radius 2 is 1.27 bits per heavy atom. The van der Waals surface area contributed by atoms with Crippen molar-refractivity contribution >= 4 is 56.7 Å². The van der Waals surface area contributed by atoms with E-state index in [1.807, 2.05) is 12.5 Å². The summed E-state index contributed by atoms with van der Waals surface area (Å²) in [5.41, 5.74) is 0. The van der Waals surface area contributed by atoms with E-state index in [0.717, 1.165) is 0 Å². The third kappa shape index (κ3) is 10.7. The average Bonchev–Trinajstić information content (AvgIpc) is 2.26. The summed E-state index contributed by atoms with van der Waals surface area (Å²) in [6.07, 6.45) is 3.75. The highest BCUT2D eigenvalue weighted by molar-refractivity contribution is 8.22. The lowest BCUT2D eigenvalue weighted by atomic mass is 10.7. The van der Waals surface area contributed by atoms with Gasteiger partial charge in [0.1, 0.15) is 13.2 Å². The molecule has 0 amide bonds. The first kappa shape index (κ1) is 15.4. The molecule has 0 bridgehead atoms. The zero-order valence-electron chi connectivity index (χ0n) is 8.69. The number of rotatable bonds is 6. The Morgan fingerprint density at radius 1 is 0.867 bits per heavy atom. The number of ether oxygens (including phenoxy) is 3. The highest BCUT2D eigenvalue weighted by Gasteiger charge is 1.96. The summed E-state index contributed by atoms with van der Waals surface area (Å²) in [6, 6.07) is 0. The zero-order chi connectivity index (χ0) is 11.5. The Morgan fingerprint density at radius 3 is 1.60 bits per heavy atom. The van der Waals surface area contributed by atoms with Crippen LogP contribution in [0.3, 0.4) is 0 Å². The van der Waals surface area contributed by atoms with Gasteiger partial charge in [-0.25, -0.2) is 0 Å². The van der Waals surface area contributed by atoms with Gasteiger partial charge in [0.15, 0.2) is 0 Å². The van der Waals surface area contributed by atoms with Crippen LogP contribution in [0.25, 0.3) is 0 Å². The van der Waals surface area contributed by atoms with Crippen molar-refractivity contribution in [3.05, 3.63) is 0 Å². The zero-order valence-corrected chi connectivity index (χ0v) is 12.0. The van der Waals surface area contributed by atoms with Gasteiger partial charge in [-0.15, -0.1) is 0 Å². The smallest absolute Gasteiger partial charge is 0.219 e. The SMILES string of the molecule is CSC(=S)OCCOCCOC(=S)SC. The number of hydrogen-bond donors (Lipinski definition) is 0. The Kier molecular flexibility index (Phi) is 11.3. The van der Waals surface area contributed by atoms with Crippen LogP contribution in [0.1, 0.15) is 0 Å². The molecule has 0 aliphatic heterocycles. The third-order valence-electron chi connectivity index (χ3n) is 1.23. The molecule has 0 unspecified atom stereocenters. The molecule has 0 radical (unpaired) electrons. The second-order valence-corrected chi connectivity index (χ2v) is 5.03. The van der Waals surface area contributed by atoms with Crippen molar-refractivity contribution in [2.45, 2.75) is 0 Å². The summed E-state index contributed by atoms with van der Waals surface area (Å²) in [7, 11) is 0. The maximum atomic E-state index is 5.24. The lowest BCUT2D eigenvalue weighted by Crippen LogP contribution is -2.11. The van der Waals surface area contributed by atoms with Crippen LogP contribution >= 0.6 is 48.0 Å². The van der Waals surface area contributed by atoms with Gasteiger partial charge in [0.05, 0.1) is 13.2 Å². The first-order valence-electron chi connectivity index (χ1n) is 4.20. The monoisotopic (exact) mass is 286 g/mol. The maximum Gasteiger partial charge on any atom is 0.219 e. The van der Waals surface area contributed by atoms with Crippen LogP contribution in [0, 0.1) is 0 Å². The molecule has 0 N–H and O–H groups in total. The molecule has 3 nitrogen and oxygen atoms in total. The number of hydrogen-bond acceptors (Lipinski definition) is 7. The molecule has 0 rings (SSSR count). The topological polar surface area (TPSA) is 27.7 Å². The minimum absolute atomic E-state index is 0.479. The minimum Gasteiger partial charge on any atom is -0.476 e. The van der Waals surface area contributed by atoms with E-state index in [1.165, 1.54) is 23.5 Å². The van der Waals surface area contributed by atoms with Crippen molar-refractivity contribution in [2.24, 2.45) is 0 Å². The molecular formula is C8H14O3S4. The van der Waals surface area contributed by atoms with Crippen LogP contribution < -0.4 is 0 Å². The van der Waals surface area contributed by atoms with E-state index in [1.54, 1.807) is 0 Å².